The molecular formula is C8H9BrN2. The summed E-state index contributed by atoms with van der Waals surface area (Å²) in [5.41, 5.74) is 7.17. The van der Waals surface area contributed by atoms with Crippen molar-refractivity contribution in [3.05, 3.63) is 33.8 Å². The molecule has 1 aromatic carbocycles. The van der Waals surface area contributed by atoms with Crippen LogP contribution in [0.5, 0.6) is 0 Å². The summed E-state index contributed by atoms with van der Waals surface area (Å²) in [6, 6.07) is 5.73. The van der Waals surface area contributed by atoms with Gasteiger partial charge in [-0.2, -0.15) is 0 Å². The average molecular weight is 213 g/mol. The minimum atomic E-state index is 0.106. The number of nitrogen functional groups attached to an aromatic ring is 1. The Morgan fingerprint density at radius 2 is 2.18 bits per heavy atom. The van der Waals surface area contributed by atoms with Gasteiger partial charge in [-0.05, 0) is 18.6 Å². The van der Waals surface area contributed by atoms with E-state index in [-0.39, 0.29) is 5.84 Å². The Morgan fingerprint density at radius 3 is 2.55 bits per heavy atom. The van der Waals surface area contributed by atoms with Crippen LogP contribution in [-0.4, -0.2) is 5.84 Å². The molecule has 3 N–H and O–H groups in total. The van der Waals surface area contributed by atoms with E-state index in [1.807, 2.05) is 25.1 Å². The highest BCUT2D eigenvalue weighted by Gasteiger charge is 2.04. The van der Waals surface area contributed by atoms with Gasteiger partial charge in [-0.3, -0.25) is 5.41 Å². The average Bonchev–Trinajstić information content (AvgIpc) is 1.85. The number of benzene rings is 1. The van der Waals surface area contributed by atoms with Crippen LogP contribution in [-0.2, 0) is 0 Å². The van der Waals surface area contributed by atoms with Crippen molar-refractivity contribution in [3.8, 4) is 0 Å². The Balaban J connectivity index is 3.32. The molecule has 1 aromatic rings. The number of amidine groups is 1. The Hall–Kier alpha value is -0.830. The van der Waals surface area contributed by atoms with E-state index in [0.29, 0.717) is 0 Å². The molecule has 0 aliphatic carbocycles. The van der Waals surface area contributed by atoms with Gasteiger partial charge >= 0.3 is 0 Å². The quantitative estimate of drug-likeness (QED) is 0.544. The Bertz CT molecular complexity index is 274. The van der Waals surface area contributed by atoms with Gasteiger partial charge in [-0.15, -0.1) is 0 Å². The highest BCUT2D eigenvalue weighted by molar-refractivity contribution is 9.10. The van der Waals surface area contributed by atoms with E-state index >= 15 is 0 Å². The summed E-state index contributed by atoms with van der Waals surface area (Å²) in [6.07, 6.45) is 0. The number of aryl methyl sites for hydroxylation is 1. The molecule has 1 rings (SSSR count). The van der Waals surface area contributed by atoms with Crippen LogP contribution in [0.1, 0.15) is 11.1 Å². The van der Waals surface area contributed by atoms with Crippen molar-refractivity contribution in [2.24, 2.45) is 5.73 Å². The molecule has 58 valence electrons. The summed E-state index contributed by atoms with van der Waals surface area (Å²) >= 11 is 3.33. The second-order valence-electron chi connectivity index (χ2n) is 2.35. The first kappa shape index (κ1) is 8.27. The monoisotopic (exact) mass is 212 g/mol. The Labute approximate surface area is 74.1 Å². The molecule has 0 atom stereocenters. The van der Waals surface area contributed by atoms with Crippen molar-refractivity contribution in [2.45, 2.75) is 6.92 Å². The highest BCUT2D eigenvalue weighted by atomic mass is 79.9. The molecule has 11 heavy (non-hydrogen) atoms. The third kappa shape index (κ3) is 1.60. The van der Waals surface area contributed by atoms with Gasteiger partial charge < -0.3 is 5.73 Å². The van der Waals surface area contributed by atoms with Gasteiger partial charge in [0.2, 0.25) is 0 Å². The number of nitrogens with one attached hydrogen (secondary N) is 1. The van der Waals surface area contributed by atoms with Crippen molar-refractivity contribution < 1.29 is 0 Å². The standard InChI is InChI=1S/C8H9BrN2/c1-5-3-2-4-6(9)7(5)8(10)11/h2-4H,1H3,(H3,10,11). The summed E-state index contributed by atoms with van der Waals surface area (Å²) in [4.78, 5) is 0. The predicted octanol–water partition coefficient (Wildman–Crippen LogP) is 2.04. The molecule has 0 amide bonds. The zero-order valence-corrected chi connectivity index (χ0v) is 7.77. The molecule has 0 saturated heterocycles. The van der Waals surface area contributed by atoms with Crippen molar-refractivity contribution in [2.75, 3.05) is 0 Å². The van der Waals surface area contributed by atoms with Crippen LogP contribution in [0.15, 0.2) is 22.7 Å². The fourth-order valence-electron chi connectivity index (χ4n) is 0.973. The van der Waals surface area contributed by atoms with E-state index in [1.165, 1.54) is 0 Å². The first-order valence-electron chi connectivity index (χ1n) is 3.22. The number of hydrogen-bond acceptors (Lipinski definition) is 1. The third-order valence-electron chi connectivity index (χ3n) is 1.49. The molecule has 2 nitrogen and oxygen atoms in total. The van der Waals surface area contributed by atoms with Gasteiger partial charge in [0.1, 0.15) is 5.84 Å². The lowest BCUT2D eigenvalue weighted by molar-refractivity contribution is 1.35. The van der Waals surface area contributed by atoms with E-state index in [1.54, 1.807) is 0 Å². The van der Waals surface area contributed by atoms with Gasteiger partial charge in [0.05, 0.1) is 0 Å². The SMILES string of the molecule is Cc1cccc(Br)c1C(=N)N. The summed E-state index contributed by atoms with van der Waals surface area (Å²) in [6.45, 7) is 1.93. The fraction of sp³-hybridized carbons (Fsp3) is 0.125. The van der Waals surface area contributed by atoms with E-state index in [9.17, 15) is 0 Å². The Morgan fingerprint density at radius 1 is 1.55 bits per heavy atom. The second-order valence-corrected chi connectivity index (χ2v) is 3.20. The van der Waals surface area contributed by atoms with Crippen LogP contribution in [0.25, 0.3) is 0 Å². The zero-order chi connectivity index (χ0) is 8.43. The largest absolute Gasteiger partial charge is 0.384 e. The minimum Gasteiger partial charge on any atom is -0.384 e. The van der Waals surface area contributed by atoms with Gasteiger partial charge in [0.15, 0.2) is 0 Å². The smallest absolute Gasteiger partial charge is 0.124 e. The molecule has 0 spiro atoms. The lowest BCUT2D eigenvalue weighted by atomic mass is 10.1. The molecule has 0 fully saturated rings. The topological polar surface area (TPSA) is 49.9 Å². The molecule has 0 aliphatic rings. The van der Waals surface area contributed by atoms with Crippen LogP contribution < -0.4 is 5.73 Å². The summed E-state index contributed by atoms with van der Waals surface area (Å²) < 4.78 is 0.880. The minimum absolute atomic E-state index is 0.106. The molecular weight excluding hydrogens is 204 g/mol. The normalized spacial score (nSPS) is 9.64. The summed E-state index contributed by atoms with van der Waals surface area (Å²) in [7, 11) is 0. The molecule has 0 aromatic heterocycles. The van der Waals surface area contributed by atoms with Crippen LogP contribution in [0, 0.1) is 12.3 Å². The van der Waals surface area contributed by atoms with E-state index in [4.69, 9.17) is 11.1 Å². The third-order valence-corrected chi connectivity index (χ3v) is 2.15. The van der Waals surface area contributed by atoms with E-state index in [2.05, 4.69) is 15.9 Å². The molecule has 0 bridgehead atoms. The Kier molecular flexibility index (Phi) is 2.29. The number of rotatable bonds is 1. The van der Waals surface area contributed by atoms with E-state index in [0.717, 1.165) is 15.6 Å². The molecule has 0 unspecified atom stereocenters. The fourth-order valence-corrected chi connectivity index (χ4v) is 1.65. The summed E-state index contributed by atoms with van der Waals surface area (Å²) in [5, 5.41) is 7.26. The van der Waals surface area contributed by atoms with Gasteiger partial charge in [0, 0.05) is 10.0 Å². The van der Waals surface area contributed by atoms with Crippen molar-refractivity contribution in [1.82, 2.24) is 0 Å². The molecule has 0 heterocycles. The maximum atomic E-state index is 7.26. The van der Waals surface area contributed by atoms with Gasteiger partial charge in [0.25, 0.3) is 0 Å². The number of halogens is 1. The lowest BCUT2D eigenvalue weighted by Gasteiger charge is -2.04. The molecule has 0 radical (unpaired) electrons. The van der Waals surface area contributed by atoms with Gasteiger partial charge in [-0.1, -0.05) is 28.1 Å². The van der Waals surface area contributed by atoms with Crippen LogP contribution in [0.4, 0.5) is 0 Å². The van der Waals surface area contributed by atoms with E-state index < -0.39 is 0 Å². The number of hydrogen-bond donors (Lipinski definition) is 2. The second kappa shape index (κ2) is 3.05. The first-order valence-corrected chi connectivity index (χ1v) is 4.01. The highest BCUT2D eigenvalue weighted by Crippen LogP contribution is 2.18. The summed E-state index contributed by atoms with van der Waals surface area (Å²) in [5.74, 6) is 0.106. The van der Waals surface area contributed by atoms with Crippen molar-refractivity contribution in [3.63, 3.8) is 0 Å². The van der Waals surface area contributed by atoms with Crippen molar-refractivity contribution >= 4 is 21.8 Å². The van der Waals surface area contributed by atoms with Crippen molar-refractivity contribution in [1.29, 1.82) is 5.41 Å². The predicted molar refractivity (Wildman–Crippen MR) is 49.9 cm³/mol. The van der Waals surface area contributed by atoms with Crippen LogP contribution in [0.2, 0.25) is 0 Å². The maximum absolute atomic E-state index is 7.26. The molecule has 3 heteroatoms. The van der Waals surface area contributed by atoms with Crippen LogP contribution in [0.3, 0.4) is 0 Å². The van der Waals surface area contributed by atoms with Gasteiger partial charge in [-0.25, -0.2) is 0 Å². The molecule has 0 saturated carbocycles. The zero-order valence-electron chi connectivity index (χ0n) is 6.19. The lowest BCUT2D eigenvalue weighted by Crippen LogP contribution is -2.13. The number of nitrogens with two attached hydrogens (primary N) is 1. The van der Waals surface area contributed by atoms with Crippen LogP contribution >= 0.6 is 15.9 Å². The first-order chi connectivity index (χ1) is 5.13. The maximum Gasteiger partial charge on any atom is 0.124 e. The molecule has 0 aliphatic heterocycles.